The van der Waals surface area contributed by atoms with Gasteiger partial charge in [0.25, 0.3) is 0 Å². The molecule has 0 aliphatic rings. The standard InChI is InChI=1S/C10H9N.C2H6/c1-8-3-2-4-9-7-11-6-5-10(8)9;1-2/h2-7H,1H3;1-2H3. The van der Waals surface area contributed by atoms with Crippen molar-refractivity contribution < 1.29 is 0 Å². The van der Waals surface area contributed by atoms with Crippen molar-refractivity contribution in [2.75, 3.05) is 0 Å². The van der Waals surface area contributed by atoms with Crippen LogP contribution in [0.4, 0.5) is 0 Å². The van der Waals surface area contributed by atoms with E-state index in [9.17, 15) is 0 Å². The number of nitrogens with zero attached hydrogens (tertiary/aromatic N) is 1. The van der Waals surface area contributed by atoms with Crippen molar-refractivity contribution in [2.45, 2.75) is 20.8 Å². The molecule has 0 radical (unpaired) electrons. The van der Waals surface area contributed by atoms with Crippen LogP contribution in [-0.2, 0) is 0 Å². The fourth-order valence-corrected chi connectivity index (χ4v) is 1.28. The van der Waals surface area contributed by atoms with Gasteiger partial charge in [0.05, 0.1) is 0 Å². The largest absolute Gasteiger partial charge is 0.264 e. The Hall–Kier alpha value is -1.37. The van der Waals surface area contributed by atoms with Gasteiger partial charge < -0.3 is 0 Å². The Morgan fingerprint density at radius 1 is 1.08 bits per heavy atom. The van der Waals surface area contributed by atoms with Crippen LogP contribution < -0.4 is 0 Å². The highest BCUT2D eigenvalue weighted by atomic mass is 14.6. The first-order valence-electron chi connectivity index (χ1n) is 4.67. The van der Waals surface area contributed by atoms with E-state index in [-0.39, 0.29) is 0 Å². The van der Waals surface area contributed by atoms with Crippen molar-refractivity contribution in [3.05, 3.63) is 42.2 Å². The van der Waals surface area contributed by atoms with E-state index in [4.69, 9.17) is 0 Å². The van der Waals surface area contributed by atoms with E-state index in [1.165, 1.54) is 16.3 Å². The van der Waals surface area contributed by atoms with Crippen LogP contribution in [0.2, 0.25) is 0 Å². The smallest absolute Gasteiger partial charge is 0.0346 e. The third kappa shape index (κ3) is 2.05. The second-order valence-corrected chi connectivity index (χ2v) is 2.67. The molecule has 2 aromatic rings. The number of pyridine rings is 1. The molecule has 0 amide bonds. The molecule has 0 N–H and O–H groups in total. The maximum atomic E-state index is 4.05. The Kier molecular flexibility index (Phi) is 3.44. The molecule has 0 saturated heterocycles. The molecule has 0 aliphatic heterocycles. The number of benzene rings is 1. The van der Waals surface area contributed by atoms with Crippen molar-refractivity contribution in [3.8, 4) is 0 Å². The van der Waals surface area contributed by atoms with Gasteiger partial charge in [0, 0.05) is 17.8 Å². The van der Waals surface area contributed by atoms with Crippen LogP contribution in [0, 0.1) is 6.92 Å². The summed E-state index contributed by atoms with van der Waals surface area (Å²) >= 11 is 0. The first-order valence-corrected chi connectivity index (χ1v) is 4.67. The SMILES string of the molecule is CC.Cc1cccc2cnccc12. The van der Waals surface area contributed by atoms with Crippen LogP contribution in [0.3, 0.4) is 0 Å². The van der Waals surface area contributed by atoms with Crippen molar-refractivity contribution in [1.82, 2.24) is 4.98 Å². The summed E-state index contributed by atoms with van der Waals surface area (Å²) in [6.45, 7) is 6.11. The molecule has 1 heteroatoms. The van der Waals surface area contributed by atoms with Gasteiger partial charge in [-0.15, -0.1) is 0 Å². The summed E-state index contributed by atoms with van der Waals surface area (Å²) in [5, 5.41) is 2.51. The summed E-state index contributed by atoms with van der Waals surface area (Å²) in [7, 11) is 0. The first kappa shape index (κ1) is 9.72. The Morgan fingerprint density at radius 2 is 1.85 bits per heavy atom. The molecule has 13 heavy (non-hydrogen) atoms. The second-order valence-electron chi connectivity index (χ2n) is 2.67. The molecular weight excluding hydrogens is 158 g/mol. The third-order valence-corrected chi connectivity index (χ3v) is 1.90. The van der Waals surface area contributed by atoms with Crippen LogP contribution in [0.25, 0.3) is 10.8 Å². The Labute approximate surface area is 79.4 Å². The Balaban J connectivity index is 0.000000396. The summed E-state index contributed by atoms with van der Waals surface area (Å²) in [6.07, 6.45) is 3.72. The molecule has 0 spiro atoms. The van der Waals surface area contributed by atoms with Crippen LogP contribution in [0.15, 0.2) is 36.7 Å². The molecule has 0 aliphatic carbocycles. The molecule has 0 unspecified atom stereocenters. The number of hydrogen-bond acceptors (Lipinski definition) is 1. The highest BCUT2D eigenvalue weighted by Crippen LogP contribution is 2.15. The van der Waals surface area contributed by atoms with E-state index in [1.54, 1.807) is 0 Å². The lowest BCUT2D eigenvalue weighted by atomic mass is 10.1. The summed E-state index contributed by atoms with van der Waals surface area (Å²) in [6, 6.07) is 8.29. The van der Waals surface area contributed by atoms with E-state index in [0.717, 1.165) is 0 Å². The average Bonchev–Trinajstić information content (AvgIpc) is 2.22. The van der Waals surface area contributed by atoms with Gasteiger partial charge in [-0.1, -0.05) is 32.0 Å². The van der Waals surface area contributed by atoms with Gasteiger partial charge in [-0.05, 0) is 23.9 Å². The van der Waals surface area contributed by atoms with Crippen LogP contribution in [-0.4, -0.2) is 4.98 Å². The molecule has 68 valence electrons. The van der Waals surface area contributed by atoms with Gasteiger partial charge in [0.15, 0.2) is 0 Å². The van der Waals surface area contributed by atoms with E-state index in [1.807, 2.05) is 32.3 Å². The summed E-state index contributed by atoms with van der Waals surface area (Å²) < 4.78 is 0. The van der Waals surface area contributed by atoms with Crippen molar-refractivity contribution in [1.29, 1.82) is 0 Å². The predicted molar refractivity (Wildman–Crippen MR) is 57.8 cm³/mol. The monoisotopic (exact) mass is 173 g/mol. The molecule has 0 bridgehead atoms. The van der Waals surface area contributed by atoms with E-state index in [2.05, 4.69) is 30.1 Å². The lowest BCUT2D eigenvalue weighted by Crippen LogP contribution is -1.77. The molecule has 0 atom stereocenters. The van der Waals surface area contributed by atoms with Gasteiger partial charge in [0.2, 0.25) is 0 Å². The minimum absolute atomic E-state index is 1.22. The number of hydrogen-bond donors (Lipinski definition) is 0. The second kappa shape index (κ2) is 4.61. The summed E-state index contributed by atoms with van der Waals surface area (Å²) in [5.41, 5.74) is 1.31. The zero-order valence-electron chi connectivity index (χ0n) is 8.41. The molecular formula is C12H15N. The molecule has 0 fully saturated rings. The lowest BCUT2D eigenvalue weighted by molar-refractivity contribution is 1.36. The van der Waals surface area contributed by atoms with Crippen molar-refractivity contribution in [3.63, 3.8) is 0 Å². The number of rotatable bonds is 0. The highest BCUT2D eigenvalue weighted by Gasteiger charge is 1.92. The topological polar surface area (TPSA) is 12.9 Å². The van der Waals surface area contributed by atoms with Gasteiger partial charge >= 0.3 is 0 Å². The molecule has 1 nitrogen and oxygen atoms in total. The van der Waals surface area contributed by atoms with E-state index in [0.29, 0.717) is 0 Å². The number of fused-ring (bicyclic) bond motifs is 1. The fraction of sp³-hybridized carbons (Fsp3) is 0.250. The maximum Gasteiger partial charge on any atom is 0.0346 e. The Morgan fingerprint density at radius 3 is 2.54 bits per heavy atom. The quantitative estimate of drug-likeness (QED) is 0.593. The van der Waals surface area contributed by atoms with Gasteiger partial charge in [-0.2, -0.15) is 0 Å². The average molecular weight is 173 g/mol. The van der Waals surface area contributed by atoms with Crippen molar-refractivity contribution in [2.24, 2.45) is 0 Å². The van der Waals surface area contributed by atoms with Crippen LogP contribution in [0.1, 0.15) is 19.4 Å². The first-order chi connectivity index (χ1) is 6.38. The number of aryl methyl sites for hydroxylation is 1. The summed E-state index contributed by atoms with van der Waals surface area (Å²) in [5.74, 6) is 0. The number of aromatic nitrogens is 1. The molecule has 1 aromatic heterocycles. The molecule has 1 heterocycles. The maximum absolute atomic E-state index is 4.05. The van der Waals surface area contributed by atoms with Crippen LogP contribution in [0.5, 0.6) is 0 Å². The van der Waals surface area contributed by atoms with Crippen LogP contribution >= 0.6 is 0 Å². The zero-order valence-corrected chi connectivity index (χ0v) is 8.41. The molecule has 2 rings (SSSR count). The minimum atomic E-state index is 1.22. The van der Waals surface area contributed by atoms with E-state index >= 15 is 0 Å². The third-order valence-electron chi connectivity index (χ3n) is 1.90. The highest BCUT2D eigenvalue weighted by molar-refractivity contribution is 5.84. The molecule has 1 aromatic carbocycles. The lowest BCUT2D eigenvalue weighted by Gasteiger charge is -1.98. The zero-order chi connectivity index (χ0) is 9.68. The van der Waals surface area contributed by atoms with Crippen molar-refractivity contribution >= 4 is 10.8 Å². The summed E-state index contributed by atoms with van der Waals surface area (Å²) in [4.78, 5) is 4.05. The minimum Gasteiger partial charge on any atom is -0.264 e. The Bertz CT molecular complexity index is 374. The van der Waals surface area contributed by atoms with Gasteiger partial charge in [-0.3, -0.25) is 4.98 Å². The fourth-order valence-electron chi connectivity index (χ4n) is 1.28. The van der Waals surface area contributed by atoms with Gasteiger partial charge in [-0.25, -0.2) is 0 Å². The van der Waals surface area contributed by atoms with E-state index < -0.39 is 0 Å². The molecule has 0 saturated carbocycles. The normalized spacial score (nSPS) is 9.15. The van der Waals surface area contributed by atoms with Gasteiger partial charge in [0.1, 0.15) is 0 Å². The predicted octanol–water partition coefficient (Wildman–Crippen LogP) is 3.57.